The first-order valence-corrected chi connectivity index (χ1v) is 9.48. The van der Waals surface area contributed by atoms with Crippen molar-refractivity contribution in [2.75, 3.05) is 18.7 Å². The summed E-state index contributed by atoms with van der Waals surface area (Å²) >= 11 is 1.21. The number of ether oxygens (including phenoxy) is 1. The van der Waals surface area contributed by atoms with Crippen LogP contribution in [0.5, 0.6) is 5.75 Å². The molecule has 4 rings (SSSR count). The fourth-order valence-electron chi connectivity index (χ4n) is 3.14. The molecule has 28 heavy (non-hydrogen) atoms. The number of aliphatic hydroxyl groups excluding tert-OH is 1. The van der Waals surface area contributed by atoms with Gasteiger partial charge in [-0.15, -0.1) is 11.3 Å². The number of hydrazone groups is 1. The Kier molecular flexibility index (Phi) is 4.70. The zero-order valence-electron chi connectivity index (χ0n) is 15.2. The van der Waals surface area contributed by atoms with Crippen molar-refractivity contribution in [2.45, 2.75) is 13.3 Å². The Morgan fingerprint density at radius 3 is 2.93 bits per heavy atom. The Morgan fingerprint density at radius 2 is 2.18 bits per heavy atom. The summed E-state index contributed by atoms with van der Waals surface area (Å²) in [7, 11) is 1.51. The molecular formula is C19H17N3O5S. The molecule has 0 saturated heterocycles. The molecule has 0 saturated carbocycles. The van der Waals surface area contributed by atoms with E-state index in [0.717, 1.165) is 0 Å². The van der Waals surface area contributed by atoms with Crippen LogP contribution in [-0.2, 0) is 4.79 Å². The molecule has 2 aromatic heterocycles. The van der Waals surface area contributed by atoms with Gasteiger partial charge >= 0.3 is 5.63 Å². The first-order chi connectivity index (χ1) is 13.5. The summed E-state index contributed by atoms with van der Waals surface area (Å²) in [5.74, 6) is -0.208. The lowest BCUT2D eigenvalue weighted by Crippen LogP contribution is -2.27. The van der Waals surface area contributed by atoms with E-state index in [2.05, 4.69) is 10.1 Å². The highest BCUT2D eigenvalue weighted by atomic mass is 32.1. The van der Waals surface area contributed by atoms with Gasteiger partial charge in [0.25, 0.3) is 5.91 Å². The number of fused-ring (bicyclic) bond motifs is 1. The third kappa shape index (κ3) is 2.98. The molecule has 0 fully saturated rings. The summed E-state index contributed by atoms with van der Waals surface area (Å²) in [5, 5.41) is 17.4. The lowest BCUT2D eigenvalue weighted by atomic mass is 10.0. The van der Waals surface area contributed by atoms with Gasteiger partial charge in [-0.1, -0.05) is 12.1 Å². The number of nitrogens with zero attached hydrogens (tertiary/aromatic N) is 3. The average molecular weight is 399 g/mol. The van der Waals surface area contributed by atoms with Gasteiger partial charge in [0.05, 0.1) is 24.3 Å². The number of hydrogen-bond donors (Lipinski definition) is 1. The van der Waals surface area contributed by atoms with Gasteiger partial charge in [0.2, 0.25) is 5.13 Å². The van der Waals surface area contributed by atoms with Crippen molar-refractivity contribution in [2.24, 2.45) is 11.0 Å². The van der Waals surface area contributed by atoms with Gasteiger partial charge in [0, 0.05) is 23.1 Å². The van der Waals surface area contributed by atoms with E-state index in [1.54, 1.807) is 30.5 Å². The number of hydrogen-bond acceptors (Lipinski definition) is 8. The van der Waals surface area contributed by atoms with Crippen LogP contribution in [0.4, 0.5) is 5.13 Å². The zero-order chi connectivity index (χ0) is 19.8. The number of aromatic nitrogens is 1. The van der Waals surface area contributed by atoms with Gasteiger partial charge in [-0.05, 0) is 25.5 Å². The lowest BCUT2D eigenvalue weighted by molar-refractivity contribution is -0.120. The molecule has 0 aliphatic carbocycles. The number of carbonyl (C=O) groups excluding carboxylic acids is 1. The van der Waals surface area contributed by atoms with Crippen LogP contribution in [-0.4, -0.2) is 35.4 Å². The molecule has 1 unspecified atom stereocenters. The van der Waals surface area contributed by atoms with E-state index >= 15 is 0 Å². The highest BCUT2D eigenvalue weighted by molar-refractivity contribution is 7.14. The number of thiazole rings is 1. The molecule has 1 aliphatic heterocycles. The van der Waals surface area contributed by atoms with E-state index in [0.29, 0.717) is 45.2 Å². The van der Waals surface area contributed by atoms with Gasteiger partial charge in [-0.2, -0.15) is 10.1 Å². The van der Waals surface area contributed by atoms with Crippen molar-refractivity contribution in [3.8, 4) is 17.0 Å². The summed E-state index contributed by atoms with van der Waals surface area (Å²) in [4.78, 5) is 29.4. The van der Waals surface area contributed by atoms with Crippen LogP contribution in [0, 0.1) is 5.92 Å². The van der Waals surface area contributed by atoms with Crippen LogP contribution in [0.25, 0.3) is 22.2 Å². The topological polar surface area (TPSA) is 105 Å². The highest BCUT2D eigenvalue weighted by Crippen LogP contribution is 2.32. The van der Waals surface area contributed by atoms with Gasteiger partial charge in [-0.3, -0.25) is 4.79 Å². The maximum Gasteiger partial charge on any atom is 0.345 e. The Hall–Kier alpha value is -3.04. The molecule has 0 bridgehead atoms. The number of rotatable bonds is 5. The molecule has 1 aromatic carbocycles. The van der Waals surface area contributed by atoms with E-state index in [-0.39, 0.29) is 12.5 Å². The maximum atomic E-state index is 12.5. The fraction of sp³-hybridized carbons (Fsp3) is 0.263. The predicted octanol–water partition coefficient (Wildman–Crippen LogP) is 2.65. The highest BCUT2D eigenvalue weighted by Gasteiger charge is 2.35. The fourth-order valence-corrected chi connectivity index (χ4v) is 3.92. The van der Waals surface area contributed by atoms with Crippen LogP contribution in [0.15, 0.2) is 44.0 Å². The van der Waals surface area contributed by atoms with Crippen molar-refractivity contribution in [1.29, 1.82) is 0 Å². The van der Waals surface area contributed by atoms with Crippen molar-refractivity contribution in [3.63, 3.8) is 0 Å². The summed E-state index contributed by atoms with van der Waals surface area (Å²) in [6.07, 6.45) is 0.318. The molecule has 1 amide bonds. The Morgan fingerprint density at radius 1 is 1.36 bits per heavy atom. The normalized spacial score (nSPS) is 16.7. The monoisotopic (exact) mass is 399 g/mol. The molecule has 8 nitrogen and oxygen atoms in total. The van der Waals surface area contributed by atoms with Crippen LogP contribution >= 0.6 is 11.3 Å². The first-order valence-electron chi connectivity index (χ1n) is 8.60. The predicted molar refractivity (Wildman–Crippen MR) is 106 cm³/mol. The molecule has 144 valence electrons. The molecule has 1 atom stereocenters. The molecule has 1 N–H and O–H groups in total. The van der Waals surface area contributed by atoms with Crippen molar-refractivity contribution >= 4 is 39.1 Å². The zero-order valence-corrected chi connectivity index (χ0v) is 16.0. The molecule has 1 aliphatic rings. The number of amides is 1. The van der Waals surface area contributed by atoms with E-state index < -0.39 is 11.5 Å². The second-order valence-electron chi connectivity index (χ2n) is 6.30. The number of para-hydroxylation sites is 1. The van der Waals surface area contributed by atoms with Crippen LogP contribution in [0.1, 0.15) is 13.3 Å². The van der Waals surface area contributed by atoms with Crippen LogP contribution < -0.4 is 15.4 Å². The molecule has 3 heterocycles. The molecule has 9 heteroatoms. The smallest absolute Gasteiger partial charge is 0.345 e. The number of aliphatic hydroxyl groups is 1. The summed E-state index contributed by atoms with van der Waals surface area (Å²) < 4.78 is 10.7. The van der Waals surface area contributed by atoms with Gasteiger partial charge in [0.15, 0.2) is 11.3 Å². The molecule has 0 radical (unpaired) electrons. The largest absolute Gasteiger partial charge is 0.493 e. The van der Waals surface area contributed by atoms with E-state index in [4.69, 9.17) is 14.3 Å². The minimum Gasteiger partial charge on any atom is -0.493 e. The molecule has 0 spiro atoms. The molecular weight excluding hydrogens is 382 g/mol. The van der Waals surface area contributed by atoms with Gasteiger partial charge in [-0.25, -0.2) is 9.78 Å². The number of methoxy groups -OCH3 is 1. The van der Waals surface area contributed by atoms with Gasteiger partial charge in [0.1, 0.15) is 0 Å². The van der Waals surface area contributed by atoms with Crippen molar-refractivity contribution in [3.05, 3.63) is 40.1 Å². The Labute approximate surface area is 163 Å². The van der Waals surface area contributed by atoms with Crippen LogP contribution in [0.3, 0.4) is 0 Å². The lowest BCUT2D eigenvalue weighted by Gasteiger charge is -2.10. The van der Waals surface area contributed by atoms with E-state index in [9.17, 15) is 9.59 Å². The summed E-state index contributed by atoms with van der Waals surface area (Å²) in [5.41, 5.74) is 1.16. The van der Waals surface area contributed by atoms with E-state index in [1.165, 1.54) is 23.5 Å². The standard InChI is InChI=1S/C19H17N3O5S/c1-10-12(6-7-23)17(24)22(21-10)19-20-14(9-28-19)13-8-11-4-3-5-15(26-2)16(11)27-18(13)25/h3-5,8-9,12,23H,6-7H2,1-2H3. The summed E-state index contributed by atoms with van der Waals surface area (Å²) in [6.45, 7) is 1.65. The van der Waals surface area contributed by atoms with Crippen molar-refractivity contribution < 1.29 is 19.1 Å². The second kappa shape index (κ2) is 7.17. The number of anilines is 1. The van der Waals surface area contributed by atoms with Gasteiger partial charge < -0.3 is 14.3 Å². The Bertz CT molecular complexity index is 1150. The number of carbonyl (C=O) groups is 1. The number of benzene rings is 1. The third-order valence-electron chi connectivity index (χ3n) is 4.58. The summed E-state index contributed by atoms with van der Waals surface area (Å²) in [6, 6.07) is 7.03. The molecule has 3 aromatic rings. The Balaban J connectivity index is 1.72. The second-order valence-corrected chi connectivity index (χ2v) is 7.13. The first kappa shape index (κ1) is 18.3. The minimum absolute atomic E-state index is 0.0954. The minimum atomic E-state index is -0.542. The average Bonchev–Trinajstić information content (AvgIpc) is 3.27. The SMILES string of the molecule is COc1cccc2cc(-c3csc(N4N=C(C)C(CCO)C4=O)n3)c(=O)oc12. The maximum absolute atomic E-state index is 12.5. The van der Waals surface area contributed by atoms with Crippen molar-refractivity contribution in [1.82, 2.24) is 4.98 Å². The van der Waals surface area contributed by atoms with Crippen LogP contribution in [0.2, 0.25) is 0 Å². The quantitative estimate of drug-likeness (QED) is 0.661. The third-order valence-corrected chi connectivity index (χ3v) is 5.40. The van der Waals surface area contributed by atoms with E-state index in [1.807, 2.05) is 6.07 Å².